The average molecular weight is 258 g/mol. The van der Waals surface area contributed by atoms with E-state index in [1.54, 1.807) is 12.4 Å². The number of rotatable bonds is 5. The van der Waals surface area contributed by atoms with Crippen LogP contribution >= 0.6 is 0 Å². The lowest BCUT2D eigenvalue weighted by molar-refractivity contribution is -0.118. The van der Waals surface area contributed by atoms with Crippen LogP contribution in [0.15, 0.2) is 36.7 Å². The predicted molar refractivity (Wildman–Crippen MR) is 74.6 cm³/mol. The van der Waals surface area contributed by atoms with Crippen molar-refractivity contribution in [2.75, 3.05) is 5.32 Å². The Morgan fingerprint density at radius 1 is 1.53 bits per heavy atom. The maximum atomic E-state index is 10.8. The van der Waals surface area contributed by atoms with Crippen LogP contribution in [-0.2, 0) is 11.3 Å². The molecule has 0 fully saturated rings. The summed E-state index contributed by atoms with van der Waals surface area (Å²) in [5.74, 6) is -0.401. The number of nitrogens with zero attached hydrogens (tertiary/aromatic N) is 2. The highest BCUT2D eigenvalue weighted by atomic mass is 16.1. The van der Waals surface area contributed by atoms with Crippen LogP contribution in [0, 0.1) is 6.92 Å². The molecule has 0 aliphatic rings. The van der Waals surface area contributed by atoms with E-state index in [0.29, 0.717) is 0 Å². The molecule has 1 heterocycles. The Hall–Kier alpha value is -2.30. The van der Waals surface area contributed by atoms with Crippen LogP contribution in [0.3, 0.4) is 0 Å². The highest BCUT2D eigenvalue weighted by molar-refractivity contribution is 5.73. The third kappa shape index (κ3) is 3.58. The lowest BCUT2D eigenvalue weighted by Crippen LogP contribution is -2.18. The first-order chi connectivity index (χ1) is 9.04. The van der Waals surface area contributed by atoms with E-state index in [9.17, 15) is 4.79 Å². The van der Waals surface area contributed by atoms with Crippen molar-refractivity contribution in [3.63, 3.8) is 0 Å². The number of anilines is 1. The zero-order valence-electron chi connectivity index (χ0n) is 11.1. The van der Waals surface area contributed by atoms with Gasteiger partial charge in [-0.2, -0.15) is 5.10 Å². The molecule has 2 rings (SSSR count). The van der Waals surface area contributed by atoms with Gasteiger partial charge in [0.05, 0.1) is 11.9 Å². The van der Waals surface area contributed by atoms with E-state index in [-0.39, 0.29) is 12.6 Å². The smallest absolute Gasteiger partial charge is 0.239 e. The minimum absolute atomic E-state index is 0.0977. The van der Waals surface area contributed by atoms with E-state index in [1.165, 1.54) is 15.8 Å². The second-order valence-electron chi connectivity index (χ2n) is 4.67. The van der Waals surface area contributed by atoms with Crippen molar-refractivity contribution in [3.8, 4) is 0 Å². The van der Waals surface area contributed by atoms with Gasteiger partial charge in [-0.3, -0.25) is 9.48 Å². The molecule has 1 aromatic heterocycles. The molecule has 1 unspecified atom stereocenters. The fourth-order valence-electron chi connectivity index (χ4n) is 1.96. The van der Waals surface area contributed by atoms with Crippen molar-refractivity contribution in [3.05, 3.63) is 47.8 Å². The summed E-state index contributed by atoms with van der Waals surface area (Å²) in [6, 6.07) is 8.51. The van der Waals surface area contributed by atoms with E-state index in [2.05, 4.69) is 42.5 Å². The second kappa shape index (κ2) is 5.56. The van der Waals surface area contributed by atoms with Crippen molar-refractivity contribution >= 4 is 11.6 Å². The first-order valence-electron chi connectivity index (χ1n) is 6.18. The van der Waals surface area contributed by atoms with Crippen molar-refractivity contribution < 1.29 is 4.79 Å². The predicted octanol–water partition coefficient (Wildman–Crippen LogP) is 1.85. The van der Waals surface area contributed by atoms with E-state index in [0.717, 1.165) is 5.69 Å². The molecular weight excluding hydrogens is 240 g/mol. The molecule has 0 aliphatic carbocycles. The Morgan fingerprint density at radius 2 is 2.32 bits per heavy atom. The van der Waals surface area contributed by atoms with Crippen molar-refractivity contribution in [1.82, 2.24) is 9.78 Å². The SMILES string of the molecule is Cc1cccc(C(C)Nc2cnn(CC(N)=O)c2)c1. The highest BCUT2D eigenvalue weighted by Gasteiger charge is 2.07. The molecule has 0 bridgehead atoms. The van der Waals surface area contributed by atoms with Crippen LogP contribution in [0.2, 0.25) is 0 Å². The lowest BCUT2D eigenvalue weighted by Gasteiger charge is -2.14. The number of carbonyl (C=O) groups excluding carboxylic acids is 1. The molecule has 3 N–H and O–H groups in total. The molecule has 2 aromatic rings. The van der Waals surface area contributed by atoms with Gasteiger partial charge in [-0.05, 0) is 19.4 Å². The monoisotopic (exact) mass is 258 g/mol. The van der Waals surface area contributed by atoms with Gasteiger partial charge in [-0.1, -0.05) is 29.8 Å². The lowest BCUT2D eigenvalue weighted by atomic mass is 10.1. The number of carbonyl (C=O) groups is 1. The van der Waals surface area contributed by atoms with Crippen LogP contribution in [0.1, 0.15) is 24.1 Å². The Labute approximate surface area is 112 Å². The van der Waals surface area contributed by atoms with Crippen LogP contribution in [-0.4, -0.2) is 15.7 Å². The van der Waals surface area contributed by atoms with E-state index in [1.807, 2.05) is 6.07 Å². The number of nitrogens with two attached hydrogens (primary N) is 1. The molecular formula is C14H18N4O. The molecule has 100 valence electrons. The first-order valence-corrected chi connectivity index (χ1v) is 6.18. The second-order valence-corrected chi connectivity index (χ2v) is 4.67. The van der Waals surface area contributed by atoms with Gasteiger partial charge in [0.1, 0.15) is 6.54 Å². The minimum atomic E-state index is -0.401. The Balaban J connectivity index is 2.04. The van der Waals surface area contributed by atoms with Gasteiger partial charge >= 0.3 is 0 Å². The van der Waals surface area contributed by atoms with Crippen molar-refractivity contribution in [2.24, 2.45) is 5.73 Å². The summed E-state index contributed by atoms with van der Waals surface area (Å²) in [5.41, 5.74) is 8.44. The minimum Gasteiger partial charge on any atom is -0.376 e. The number of amides is 1. The molecule has 1 aromatic carbocycles. The molecule has 19 heavy (non-hydrogen) atoms. The fraction of sp³-hybridized carbons (Fsp3) is 0.286. The number of nitrogens with one attached hydrogen (secondary N) is 1. The molecule has 1 atom stereocenters. The van der Waals surface area contributed by atoms with Gasteiger partial charge < -0.3 is 11.1 Å². The van der Waals surface area contributed by atoms with Gasteiger partial charge in [0, 0.05) is 12.2 Å². The quantitative estimate of drug-likeness (QED) is 0.859. The van der Waals surface area contributed by atoms with Crippen LogP contribution in [0.25, 0.3) is 0 Å². The highest BCUT2D eigenvalue weighted by Crippen LogP contribution is 2.19. The summed E-state index contributed by atoms with van der Waals surface area (Å²) in [6.45, 7) is 4.25. The molecule has 0 radical (unpaired) electrons. The van der Waals surface area contributed by atoms with E-state index >= 15 is 0 Å². The van der Waals surface area contributed by atoms with Gasteiger partial charge in [-0.25, -0.2) is 0 Å². The van der Waals surface area contributed by atoms with E-state index < -0.39 is 5.91 Å². The molecule has 0 saturated carbocycles. The molecule has 0 spiro atoms. The molecule has 1 amide bonds. The molecule has 5 nitrogen and oxygen atoms in total. The fourth-order valence-corrected chi connectivity index (χ4v) is 1.96. The third-order valence-corrected chi connectivity index (χ3v) is 2.88. The number of primary amides is 1. The average Bonchev–Trinajstić information content (AvgIpc) is 2.75. The summed E-state index contributed by atoms with van der Waals surface area (Å²) in [4.78, 5) is 10.8. The maximum absolute atomic E-state index is 10.8. The van der Waals surface area contributed by atoms with Gasteiger partial charge in [0.15, 0.2) is 0 Å². The first kappa shape index (κ1) is 13.1. The Bertz CT molecular complexity index is 576. The van der Waals surface area contributed by atoms with Gasteiger partial charge in [-0.15, -0.1) is 0 Å². The largest absolute Gasteiger partial charge is 0.376 e. The Kier molecular flexibility index (Phi) is 3.85. The van der Waals surface area contributed by atoms with Crippen LogP contribution in [0.4, 0.5) is 5.69 Å². The summed E-state index contributed by atoms with van der Waals surface area (Å²) in [7, 11) is 0. The zero-order valence-corrected chi connectivity index (χ0v) is 11.1. The zero-order chi connectivity index (χ0) is 13.8. The number of benzene rings is 1. The van der Waals surface area contributed by atoms with Crippen molar-refractivity contribution in [1.29, 1.82) is 0 Å². The summed E-state index contributed by atoms with van der Waals surface area (Å²) in [6.07, 6.45) is 3.46. The van der Waals surface area contributed by atoms with Crippen LogP contribution in [0.5, 0.6) is 0 Å². The molecule has 0 saturated heterocycles. The number of hydrogen-bond donors (Lipinski definition) is 2. The van der Waals surface area contributed by atoms with E-state index in [4.69, 9.17) is 5.73 Å². The van der Waals surface area contributed by atoms with Crippen LogP contribution < -0.4 is 11.1 Å². The molecule has 0 aliphatic heterocycles. The third-order valence-electron chi connectivity index (χ3n) is 2.88. The summed E-state index contributed by atoms with van der Waals surface area (Å²) in [5, 5.41) is 7.42. The van der Waals surface area contributed by atoms with Crippen molar-refractivity contribution in [2.45, 2.75) is 26.4 Å². The topological polar surface area (TPSA) is 72.9 Å². The summed E-state index contributed by atoms with van der Waals surface area (Å²) >= 11 is 0. The standard InChI is InChI=1S/C14H18N4O/c1-10-4-3-5-12(6-10)11(2)17-13-7-16-18(8-13)9-14(15)19/h3-8,11,17H,9H2,1-2H3,(H2,15,19). The number of aryl methyl sites for hydroxylation is 1. The number of aromatic nitrogens is 2. The summed E-state index contributed by atoms with van der Waals surface area (Å²) < 4.78 is 1.52. The number of hydrogen-bond acceptors (Lipinski definition) is 3. The molecule has 5 heteroatoms. The van der Waals surface area contributed by atoms with Gasteiger partial charge in [0.2, 0.25) is 5.91 Å². The maximum Gasteiger partial charge on any atom is 0.239 e. The Morgan fingerprint density at radius 3 is 3.00 bits per heavy atom. The normalized spacial score (nSPS) is 12.1. The van der Waals surface area contributed by atoms with Gasteiger partial charge in [0.25, 0.3) is 0 Å².